The summed E-state index contributed by atoms with van der Waals surface area (Å²) in [6, 6.07) is 7.06. The van der Waals surface area contributed by atoms with Gasteiger partial charge in [-0.1, -0.05) is 18.2 Å². The third-order valence-electron chi connectivity index (χ3n) is 5.75. The van der Waals surface area contributed by atoms with Gasteiger partial charge in [-0.25, -0.2) is 24.0 Å². The van der Waals surface area contributed by atoms with Crippen LogP contribution in [0.25, 0.3) is 11.2 Å². The predicted molar refractivity (Wildman–Crippen MR) is 119 cm³/mol. The molecule has 12 nitrogen and oxygen atoms in total. The summed E-state index contributed by atoms with van der Waals surface area (Å²) in [5.41, 5.74) is 8.17. The van der Waals surface area contributed by atoms with Crippen molar-refractivity contribution in [3.05, 3.63) is 48.0 Å². The van der Waals surface area contributed by atoms with Crippen molar-refractivity contribution in [2.45, 2.75) is 44.1 Å². The molecule has 13 heteroatoms. The number of nitrogens with zero attached hydrogens (tertiary/aromatic N) is 4. The van der Waals surface area contributed by atoms with E-state index in [-0.39, 0.29) is 31.8 Å². The first-order valence-corrected chi connectivity index (χ1v) is 11.8. The molecule has 4 heterocycles. The van der Waals surface area contributed by atoms with Crippen LogP contribution in [0.4, 0.5) is 5.82 Å². The van der Waals surface area contributed by atoms with Gasteiger partial charge in [0.2, 0.25) is 5.91 Å². The van der Waals surface area contributed by atoms with Crippen LogP contribution in [0.15, 0.2) is 36.9 Å². The normalized spacial score (nSPS) is 22.5. The minimum atomic E-state index is -2.02. The SMILES string of the molecule is Nc1ncnc2c1ncn2C1CCC(COS(=O)NC(=O)CCC2OC(=O)c3ccccc32)O1. The number of cyclic esters (lactones) is 1. The molecule has 0 bridgehead atoms. The molecule has 1 amide bonds. The number of nitrogens with two attached hydrogens (primary N) is 1. The Morgan fingerprint density at radius 3 is 3.00 bits per heavy atom. The monoisotopic (exact) mass is 486 g/mol. The van der Waals surface area contributed by atoms with Gasteiger partial charge in [0.1, 0.15) is 24.2 Å². The molecule has 178 valence electrons. The minimum Gasteiger partial charge on any atom is -0.454 e. The van der Waals surface area contributed by atoms with Gasteiger partial charge in [0, 0.05) is 12.0 Å². The highest BCUT2D eigenvalue weighted by Gasteiger charge is 2.31. The molecule has 2 aliphatic rings. The van der Waals surface area contributed by atoms with E-state index in [1.54, 1.807) is 29.1 Å². The van der Waals surface area contributed by atoms with Gasteiger partial charge in [-0.2, -0.15) is 0 Å². The van der Waals surface area contributed by atoms with E-state index in [4.69, 9.17) is 19.4 Å². The molecule has 4 atom stereocenters. The van der Waals surface area contributed by atoms with Crippen LogP contribution in [-0.4, -0.2) is 48.3 Å². The Hall–Kier alpha value is -3.42. The van der Waals surface area contributed by atoms with Gasteiger partial charge >= 0.3 is 5.97 Å². The number of hydrogen-bond donors (Lipinski definition) is 2. The van der Waals surface area contributed by atoms with Crippen molar-refractivity contribution in [2.75, 3.05) is 12.3 Å². The summed E-state index contributed by atoms with van der Waals surface area (Å²) in [4.78, 5) is 36.4. The lowest BCUT2D eigenvalue weighted by Gasteiger charge is -2.15. The first-order chi connectivity index (χ1) is 16.5. The molecule has 0 saturated carbocycles. The maximum atomic E-state index is 12.2. The maximum absolute atomic E-state index is 12.2. The van der Waals surface area contributed by atoms with E-state index in [0.29, 0.717) is 35.4 Å². The number of carbonyl (C=O) groups excluding carboxylic acids is 2. The molecular formula is C21H22N6O6S. The van der Waals surface area contributed by atoms with Crippen LogP contribution >= 0.6 is 0 Å². The minimum absolute atomic E-state index is 0.0298. The second-order valence-corrected chi connectivity index (χ2v) is 8.85. The number of amides is 1. The van der Waals surface area contributed by atoms with E-state index < -0.39 is 29.2 Å². The highest BCUT2D eigenvalue weighted by Crippen LogP contribution is 2.34. The number of imidazole rings is 1. The van der Waals surface area contributed by atoms with Crippen molar-refractivity contribution < 1.29 is 27.5 Å². The number of esters is 1. The Balaban J connectivity index is 1.07. The maximum Gasteiger partial charge on any atom is 0.339 e. The molecule has 0 spiro atoms. The van der Waals surface area contributed by atoms with Crippen molar-refractivity contribution in [3.63, 3.8) is 0 Å². The van der Waals surface area contributed by atoms with Gasteiger partial charge in [0.15, 0.2) is 11.5 Å². The van der Waals surface area contributed by atoms with Crippen molar-refractivity contribution in [3.8, 4) is 0 Å². The molecule has 1 fully saturated rings. The van der Waals surface area contributed by atoms with Gasteiger partial charge < -0.3 is 15.2 Å². The molecule has 0 radical (unpaired) electrons. The van der Waals surface area contributed by atoms with Crippen molar-refractivity contribution in [1.82, 2.24) is 24.2 Å². The summed E-state index contributed by atoms with van der Waals surface area (Å²) in [5, 5.41) is 0. The third-order valence-corrected chi connectivity index (χ3v) is 6.50. The lowest BCUT2D eigenvalue weighted by Crippen LogP contribution is -2.29. The number of anilines is 1. The van der Waals surface area contributed by atoms with E-state index in [9.17, 15) is 13.8 Å². The Morgan fingerprint density at radius 2 is 2.12 bits per heavy atom. The highest BCUT2D eigenvalue weighted by molar-refractivity contribution is 7.78. The summed E-state index contributed by atoms with van der Waals surface area (Å²) in [6.45, 7) is 0.0424. The molecule has 5 rings (SSSR count). The topological polar surface area (TPSA) is 161 Å². The standard InChI is InChI=1S/C21H22N6O6S/c22-19-18-20(24-10-23-19)27(11-25-18)17-8-5-12(32-17)9-31-34(30)26-16(28)7-6-15-13-3-1-2-4-14(13)21(29)33-15/h1-4,10-12,15,17H,5-9H2,(H,26,28)(H2,22,23,24). The highest BCUT2D eigenvalue weighted by atomic mass is 32.2. The van der Waals surface area contributed by atoms with Crippen LogP contribution in [0.1, 0.15) is 53.9 Å². The molecule has 1 aromatic carbocycles. The number of fused-ring (bicyclic) bond motifs is 2. The van der Waals surface area contributed by atoms with Gasteiger partial charge in [-0.3, -0.25) is 18.3 Å². The van der Waals surface area contributed by atoms with Crippen LogP contribution in [0.2, 0.25) is 0 Å². The van der Waals surface area contributed by atoms with E-state index >= 15 is 0 Å². The summed E-state index contributed by atoms with van der Waals surface area (Å²) >= 11 is -2.02. The van der Waals surface area contributed by atoms with Crippen LogP contribution in [0, 0.1) is 0 Å². The lowest BCUT2D eigenvalue weighted by molar-refractivity contribution is -0.120. The Bertz CT molecular complexity index is 1270. The zero-order valence-corrected chi connectivity index (χ0v) is 18.8. The Labute approximate surface area is 196 Å². The first-order valence-electron chi connectivity index (χ1n) is 10.7. The average molecular weight is 487 g/mol. The van der Waals surface area contributed by atoms with Crippen LogP contribution in [0.3, 0.4) is 0 Å². The average Bonchev–Trinajstić information content (AvgIpc) is 3.54. The summed E-state index contributed by atoms with van der Waals surface area (Å²) in [6.07, 6.45) is 3.52. The largest absolute Gasteiger partial charge is 0.454 e. The quantitative estimate of drug-likeness (QED) is 0.446. The summed E-state index contributed by atoms with van der Waals surface area (Å²) < 4.78 is 32.8. The number of ether oxygens (including phenoxy) is 2. The van der Waals surface area contributed by atoms with Crippen molar-refractivity contribution in [1.29, 1.82) is 0 Å². The van der Waals surface area contributed by atoms with Crippen molar-refractivity contribution in [2.24, 2.45) is 0 Å². The van der Waals surface area contributed by atoms with E-state index in [1.807, 2.05) is 6.07 Å². The zero-order chi connectivity index (χ0) is 23.7. The molecular weight excluding hydrogens is 464 g/mol. The molecule has 1 saturated heterocycles. The number of rotatable bonds is 8. The number of carbonyl (C=O) groups is 2. The van der Waals surface area contributed by atoms with E-state index in [0.717, 1.165) is 5.56 Å². The second kappa shape index (κ2) is 9.44. The third kappa shape index (κ3) is 4.49. The smallest absolute Gasteiger partial charge is 0.339 e. The zero-order valence-electron chi connectivity index (χ0n) is 18.0. The molecule has 2 aromatic heterocycles. The first kappa shape index (κ1) is 22.4. The molecule has 0 aliphatic carbocycles. The van der Waals surface area contributed by atoms with E-state index in [1.165, 1.54) is 6.33 Å². The fraction of sp³-hybridized carbons (Fsp3) is 0.381. The fourth-order valence-corrected chi connectivity index (χ4v) is 4.72. The molecule has 3 aromatic rings. The summed E-state index contributed by atoms with van der Waals surface area (Å²) in [7, 11) is 0. The second-order valence-electron chi connectivity index (χ2n) is 7.94. The lowest BCUT2D eigenvalue weighted by atomic mass is 10.0. The van der Waals surface area contributed by atoms with Crippen LogP contribution in [0.5, 0.6) is 0 Å². The predicted octanol–water partition coefficient (Wildman–Crippen LogP) is 1.49. The number of nitrogen functional groups attached to an aromatic ring is 1. The van der Waals surface area contributed by atoms with Gasteiger partial charge in [0.05, 0.1) is 24.6 Å². The van der Waals surface area contributed by atoms with Crippen molar-refractivity contribution >= 4 is 40.1 Å². The number of hydrogen-bond acceptors (Lipinski definition) is 10. The summed E-state index contributed by atoms with van der Waals surface area (Å²) in [5.74, 6) is -0.573. The fourth-order valence-electron chi connectivity index (χ4n) is 4.10. The van der Waals surface area contributed by atoms with E-state index in [2.05, 4.69) is 19.7 Å². The molecule has 34 heavy (non-hydrogen) atoms. The van der Waals surface area contributed by atoms with Gasteiger partial charge in [0.25, 0.3) is 11.3 Å². The van der Waals surface area contributed by atoms with Gasteiger partial charge in [-0.15, -0.1) is 0 Å². The Kier molecular flexibility index (Phi) is 6.22. The number of aromatic nitrogens is 4. The van der Waals surface area contributed by atoms with Crippen LogP contribution < -0.4 is 10.5 Å². The molecule has 3 N–H and O–H groups in total. The molecule has 2 aliphatic heterocycles. The van der Waals surface area contributed by atoms with Gasteiger partial charge in [-0.05, 0) is 25.3 Å². The Morgan fingerprint density at radius 1 is 1.26 bits per heavy atom. The van der Waals surface area contributed by atoms with Crippen LogP contribution in [-0.2, 0) is 29.7 Å². The number of nitrogens with one attached hydrogen (secondary N) is 1. The number of benzene rings is 1. The molecule has 4 unspecified atom stereocenters.